The quantitative estimate of drug-likeness (QED) is 0.876. The summed E-state index contributed by atoms with van der Waals surface area (Å²) in [4.78, 5) is 12.0. The van der Waals surface area contributed by atoms with E-state index in [1.807, 2.05) is 18.2 Å². The summed E-state index contributed by atoms with van der Waals surface area (Å²) < 4.78 is 10.5. The van der Waals surface area contributed by atoms with Crippen LogP contribution in [-0.2, 0) is 11.2 Å². The molecule has 1 aliphatic carbocycles. The summed E-state index contributed by atoms with van der Waals surface area (Å²) in [7, 11) is 3.24. The molecule has 0 unspecified atom stereocenters. The minimum absolute atomic E-state index is 0.150. The molecule has 1 aromatic carbocycles. The van der Waals surface area contributed by atoms with Gasteiger partial charge in [-0.05, 0) is 37.0 Å². The van der Waals surface area contributed by atoms with E-state index in [1.165, 1.54) is 19.3 Å². The molecule has 1 aromatic rings. The maximum absolute atomic E-state index is 12.0. The Labute approximate surface area is 126 Å². The van der Waals surface area contributed by atoms with Crippen LogP contribution in [-0.4, -0.2) is 26.2 Å². The second-order valence-electron chi connectivity index (χ2n) is 5.59. The zero-order valence-electron chi connectivity index (χ0n) is 13.0. The van der Waals surface area contributed by atoms with Gasteiger partial charge in [0.2, 0.25) is 5.91 Å². The third-order valence-electron chi connectivity index (χ3n) is 4.06. The Balaban J connectivity index is 1.83. The lowest BCUT2D eigenvalue weighted by Gasteiger charge is -2.22. The number of hydrogen-bond acceptors (Lipinski definition) is 3. The number of methoxy groups -OCH3 is 2. The first-order valence-corrected chi connectivity index (χ1v) is 7.73. The molecular formula is C17H25NO3. The Morgan fingerprint density at radius 1 is 1.14 bits per heavy atom. The van der Waals surface area contributed by atoms with Crippen LogP contribution < -0.4 is 14.8 Å². The van der Waals surface area contributed by atoms with Crippen molar-refractivity contribution in [3.05, 3.63) is 23.8 Å². The van der Waals surface area contributed by atoms with E-state index >= 15 is 0 Å². The molecule has 116 valence electrons. The SMILES string of the molecule is COc1ccc(CCC(=O)NC2CCCCC2)cc1OC. The lowest BCUT2D eigenvalue weighted by molar-refractivity contribution is -0.121. The molecule has 0 heterocycles. The second-order valence-corrected chi connectivity index (χ2v) is 5.59. The lowest BCUT2D eigenvalue weighted by Crippen LogP contribution is -2.36. The van der Waals surface area contributed by atoms with Crippen molar-refractivity contribution in [2.24, 2.45) is 0 Å². The van der Waals surface area contributed by atoms with E-state index in [4.69, 9.17) is 9.47 Å². The van der Waals surface area contributed by atoms with E-state index in [1.54, 1.807) is 14.2 Å². The lowest BCUT2D eigenvalue weighted by atomic mass is 9.95. The van der Waals surface area contributed by atoms with Crippen molar-refractivity contribution in [3.8, 4) is 11.5 Å². The van der Waals surface area contributed by atoms with Crippen molar-refractivity contribution in [1.29, 1.82) is 0 Å². The molecule has 4 heteroatoms. The highest BCUT2D eigenvalue weighted by atomic mass is 16.5. The minimum Gasteiger partial charge on any atom is -0.493 e. The highest BCUT2D eigenvalue weighted by Gasteiger charge is 2.15. The van der Waals surface area contributed by atoms with Crippen molar-refractivity contribution in [3.63, 3.8) is 0 Å². The van der Waals surface area contributed by atoms with E-state index in [-0.39, 0.29) is 5.91 Å². The van der Waals surface area contributed by atoms with Gasteiger partial charge < -0.3 is 14.8 Å². The molecule has 0 aromatic heterocycles. The van der Waals surface area contributed by atoms with Gasteiger partial charge in [-0.15, -0.1) is 0 Å². The van der Waals surface area contributed by atoms with Crippen molar-refractivity contribution < 1.29 is 14.3 Å². The molecule has 1 saturated carbocycles. The molecule has 0 bridgehead atoms. The molecule has 0 spiro atoms. The number of nitrogens with one attached hydrogen (secondary N) is 1. The number of rotatable bonds is 6. The fraction of sp³-hybridized carbons (Fsp3) is 0.588. The van der Waals surface area contributed by atoms with Gasteiger partial charge in [0.25, 0.3) is 0 Å². The Hall–Kier alpha value is -1.71. The molecule has 0 atom stereocenters. The highest BCUT2D eigenvalue weighted by molar-refractivity contribution is 5.76. The van der Waals surface area contributed by atoms with Crippen LogP contribution in [0.5, 0.6) is 11.5 Å². The molecule has 2 rings (SSSR count). The number of ether oxygens (including phenoxy) is 2. The van der Waals surface area contributed by atoms with Crippen LogP contribution in [0.25, 0.3) is 0 Å². The zero-order valence-corrected chi connectivity index (χ0v) is 13.0. The molecule has 0 saturated heterocycles. The average molecular weight is 291 g/mol. The van der Waals surface area contributed by atoms with Crippen molar-refractivity contribution in [2.45, 2.75) is 51.0 Å². The van der Waals surface area contributed by atoms with Crippen LogP contribution in [0.3, 0.4) is 0 Å². The number of carbonyl (C=O) groups is 1. The average Bonchev–Trinajstić information content (AvgIpc) is 2.53. The van der Waals surface area contributed by atoms with Crippen LogP contribution in [0.15, 0.2) is 18.2 Å². The molecule has 0 radical (unpaired) electrons. The fourth-order valence-electron chi connectivity index (χ4n) is 2.84. The standard InChI is InChI=1S/C17H25NO3/c1-20-15-10-8-13(12-16(15)21-2)9-11-17(19)18-14-6-4-3-5-7-14/h8,10,12,14H,3-7,9,11H2,1-2H3,(H,18,19). The van der Waals surface area contributed by atoms with Crippen LogP contribution in [0.4, 0.5) is 0 Å². The summed E-state index contributed by atoms with van der Waals surface area (Å²) in [5, 5.41) is 3.15. The number of aryl methyl sites for hydroxylation is 1. The number of amides is 1. The first-order valence-electron chi connectivity index (χ1n) is 7.73. The second kappa shape index (κ2) is 7.91. The Kier molecular flexibility index (Phi) is 5.90. The largest absolute Gasteiger partial charge is 0.493 e. The normalized spacial score (nSPS) is 15.5. The third-order valence-corrected chi connectivity index (χ3v) is 4.06. The van der Waals surface area contributed by atoms with Crippen LogP contribution in [0.1, 0.15) is 44.1 Å². The molecule has 21 heavy (non-hydrogen) atoms. The number of hydrogen-bond donors (Lipinski definition) is 1. The Bertz CT molecular complexity index is 467. The molecule has 1 amide bonds. The third kappa shape index (κ3) is 4.66. The van der Waals surface area contributed by atoms with Crippen molar-refractivity contribution in [1.82, 2.24) is 5.32 Å². The fourth-order valence-corrected chi connectivity index (χ4v) is 2.84. The van der Waals surface area contributed by atoms with E-state index < -0.39 is 0 Å². The van der Waals surface area contributed by atoms with E-state index in [9.17, 15) is 4.79 Å². The predicted octanol–water partition coefficient (Wildman–Crippen LogP) is 3.09. The van der Waals surface area contributed by atoms with Crippen LogP contribution in [0.2, 0.25) is 0 Å². The monoisotopic (exact) mass is 291 g/mol. The molecule has 4 nitrogen and oxygen atoms in total. The van der Waals surface area contributed by atoms with Crippen molar-refractivity contribution in [2.75, 3.05) is 14.2 Å². The van der Waals surface area contributed by atoms with Gasteiger partial charge in [0.05, 0.1) is 14.2 Å². The summed E-state index contributed by atoms with van der Waals surface area (Å²) in [6, 6.07) is 6.19. The van der Waals surface area contributed by atoms with E-state index in [0.29, 0.717) is 24.0 Å². The van der Waals surface area contributed by atoms with Gasteiger partial charge in [-0.2, -0.15) is 0 Å². The maximum atomic E-state index is 12.0. The zero-order chi connectivity index (χ0) is 15.1. The predicted molar refractivity (Wildman–Crippen MR) is 82.9 cm³/mol. The van der Waals surface area contributed by atoms with Gasteiger partial charge in [-0.3, -0.25) is 4.79 Å². The van der Waals surface area contributed by atoms with Gasteiger partial charge in [0, 0.05) is 12.5 Å². The molecule has 1 fully saturated rings. The van der Waals surface area contributed by atoms with Gasteiger partial charge in [0.1, 0.15) is 0 Å². The Morgan fingerprint density at radius 2 is 1.86 bits per heavy atom. The van der Waals surface area contributed by atoms with E-state index in [2.05, 4.69) is 5.32 Å². The van der Waals surface area contributed by atoms with Gasteiger partial charge in [0.15, 0.2) is 11.5 Å². The molecule has 1 aliphatic rings. The summed E-state index contributed by atoms with van der Waals surface area (Å²) in [5.74, 6) is 1.58. The van der Waals surface area contributed by atoms with Crippen molar-refractivity contribution >= 4 is 5.91 Å². The summed E-state index contributed by atoms with van der Waals surface area (Å²) in [6.45, 7) is 0. The maximum Gasteiger partial charge on any atom is 0.220 e. The van der Waals surface area contributed by atoms with E-state index in [0.717, 1.165) is 24.8 Å². The number of carbonyl (C=O) groups excluding carboxylic acids is 1. The summed E-state index contributed by atoms with van der Waals surface area (Å²) in [6.07, 6.45) is 7.27. The van der Waals surface area contributed by atoms with Gasteiger partial charge in [-0.1, -0.05) is 25.3 Å². The first-order chi connectivity index (χ1) is 10.2. The molecule has 1 N–H and O–H groups in total. The first kappa shape index (κ1) is 15.7. The molecule has 0 aliphatic heterocycles. The highest BCUT2D eigenvalue weighted by Crippen LogP contribution is 2.28. The number of benzene rings is 1. The minimum atomic E-state index is 0.150. The topological polar surface area (TPSA) is 47.6 Å². The smallest absolute Gasteiger partial charge is 0.220 e. The van der Waals surface area contributed by atoms with Crippen LogP contribution in [0, 0.1) is 0 Å². The molecular weight excluding hydrogens is 266 g/mol. The summed E-state index contributed by atoms with van der Waals surface area (Å²) >= 11 is 0. The van der Waals surface area contributed by atoms with Gasteiger partial charge >= 0.3 is 0 Å². The summed E-state index contributed by atoms with van der Waals surface area (Å²) in [5.41, 5.74) is 1.09. The van der Waals surface area contributed by atoms with Crippen LogP contribution >= 0.6 is 0 Å². The Morgan fingerprint density at radius 3 is 2.52 bits per heavy atom. The van der Waals surface area contributed by atoms with Gasteiger partial charge in [-0.25, -0.2) is 0 Å².